The SMILES string of the molecule is CCCCCCCCS(=O)(=O)Nc1ccccc1P(=O)(O)O. The number of sulfonamides is 1. The molecule has 1 aromatic rings. The molecule has 0 saturated carbocycles. The molecule has 0 heterocycles. The highest BCUT2D eigenvalue weighted by Gasteiger charge is 2.23. The molecule has 126 valence electrons. The third kappa shape index (κ3) is 6.92. The number of unbranched alkanes of at least 4 members (excludes halogenated alkanes) is 5. The Bertz CT molecular complexity index is 611. The summed E-state index contributed by atoms with van der Waals surface area (Å²) in [6, 6.07) is 5.57. The Morgan fingerprint density at radius 3 is 2.27 bits per heavy atom. The first-order valence-electron chi connectivity index (χ1n) is 7.42. The van der Waals surface area contributed by atoms with Gasteiger partial charge in [-0.2, -0.15) is 0 Å². The molecular formula is C14H24NO5PS. The van der Waals surface area contributed by atoms with Crippen molar-refractivity contribution in [3.63, 3.8) is 0 Å². The van der Waals surface area contributed by atoms with Gasteiger partial charge in [-0.1, -0.05) is 51.2 Å². The fourth-order valence-corrected chi connectivity index (χ4v) is 4.10. The predicted molar refractivity (Wildman–Crippen MR) is 88.9 cm³/mol. The van der Waals surface area contributed by atoms with E-state index in [1.165, 1.54) is 24.3 Å². The Kier molecular flexibility index (Phi) is 7.56. The fraction of sp³-hybridized carbons (Fsp3) is 0.571. The Morgan fingerprint density at radius 2 is 1.64 bits per heavy atom. The van der Waals surface area contributed by atoms with Gasteiger partial charge in [0, 0.05) is 0 Å². The minimum Gasteiger partial charge on any atom is -0.321 e. The van der Waals surface area contributed by atoms with Gasteiger partial charge in [-0.3, -0.25) is 9.29 Å². The smallest absolute Gasteiger partial charge is 0.321 e. The summed E-state index contributed by atoms with van der Waals surface area (Å²) in [5.41, 5.74) is -0.0539. The molecule has 0 spiro atoms. The zero-order chi connectivity index (χ0) is 16.6. The molecule has 3 N–H and O–H groups in total. The maximum absolute atomic E-state index is 12.0. The molecular weight excluding hydrogens is 325 g/mol. The molecule has 0 aromatic heterocycles. The lowest BCUT2D eigenvalue weighted by Gasteiger charge is -2.13. The van der Waals surface area contributed by atoms with Crippen LogP contribution in [-0.2, 0) is 14.6 Å². The van der Waals surface area contributed by atoms with Crippen LogP contribution in [0.5, 0.6) is 0 Å². The van der Waals surface area contributed by atoms with Crippen LogP contribution in [0.4, 0.5) is 5.69 Å². The summed E-state index contributed by atoms with van der Waals surface area (Å²) in [5.74, 6) is -0.0470. The quantitative estimate of drug-likeness (QED) is 0.445. The molecule has 0 radical (unpaired) electrons. The van der Waals surface area contributed by atoms with Crippen molar-refractivity contribution in [2.45, 2.75) is 45.4 Å². The monoisotopic (exact) mass is 349 g/mol. The zero-order valence-corrected chi connectivity index (χ0v) is 14.4. The summed E-state index contributed by atoms with van der Waals surface area (Å²) in [6.45, 7) is 2.12. The molecule has 0 aliphatic heterocycles. The van der Waals surface area contributed by atoms with Gasteiger partial charge in [0.2, 0.25) is 10.0 Å². The average molecular weight is 349 g/mol. The molecule has 0 amide bonds. The van der Waals surface area contributed by atoms with Crippen LogP contribution >= 0.6 is 7.60 Å². The molecule has 22 heavy (non-hydrogen) atoms. The maximum Gasteiger partial charge on any atom is 0.358 e. The minimum absolute atomic E-state index is 0.0470. The van der Waals surface area contributed by atoms with Crippen LogP contribution < -0.4 is 10.0 Å². The number of hydrogen-bond donors (Lipinski definition) is 3. The second-order valence-corrected chi connectivity index (χ2v) is 8.66. The van der Waals surface area contributed by atoms with Crippen LogP contribution in [0.2, 0.25) is 0 Å². The van der Waals surface area contributed by atoms with Gasteiger partial charge in [-0.05, 0) is 18.6 Å². The Labute approximate surface area is 132 Å². The number of rotatable bonds is 10. The summed E-state index contributed by atoms with van der Waals surface area (Å²) in [5, 5.41) is -0.304. The highest BCUT2D eigenvalue weighted by molar-refractivity contribution is 7.92. The average Bonchev–Trinajstić information content (AvgIpc) is 2.41. The van der Waals surface area contributed by atoms with Crippen LogP contribution in [-0.4, -0.2) is 24.0 Å². The van der Waals surface area contributed by atoms with Gasteiger partial charge in [0.25, 0.3) is 0 Å². The van der Waals surface area contributed by atoms with E-state index < -0.39 is 17.6 Å². The van der Waals surface area contributed by atoms with Crippen LogP contribution in [0.15, 0.2) is 24.3 Å². The van der Waals surface area contributed by atoms with Crippen LogP contribution in [0.3, 0.4) is 0 Å². The third-order valence-corrected chi connectivity index (χ3v) is 5.62. The van der Waals surface area contributed by atoms with E-state index in [9.17, 15) is 22.8 Å². The highest BCUT2D eigenvalue weighted by Crippen LogP contribution is 2.36. The van der Waals surface area contributed by atoms with Crippen molar-refractivity contribution in [1.82, 2.24) is 0 Å². The summed E-state index contributed by atoms with van der Waals surface area (Å²) < 4.78 is 37.6. The normalized spacial score (nSPS) is 12.3. The lowest BCUT2D eigenvalue weighted by atomic mass is 10.1. The van der Waals surface area contributed by atoms with E-state index in [4.69, 9.17) is 0 Å². The third-order valence-electron chi connectivity index (χ3n) is 3.25. The summed E-state index contributed by atoms with van der Waals surface area (Å²) in [6.07, 6.45) is 5.77. The number of anilines is 1. The molecule has 0 bridgehead atoms. The van der Waals surface area contributed by atoms with Crippen LogP contribution in [0.25, 0.3) is 0 Å². The van der Waals surface area contributed by atoms with E-state index in [0.29, 0.717) is 6.42 Å². The number of benzene rings is 1. The van der Waals surface area contributed by atoms with E-state index >= 15 is 0 Å². The van der Waals surface area contributed by atoms with Crippen molar-refractivity contribution in [2.75, 3.05) is 10.5 Å². The molecule has 1 aromatic carbocycles. The highest BCUT2D eigenvalue weighted by atomic mass is 32.2. The molecule has 0 aliphatic carbocycles. The molecule has 1 rings (SSSR count). The van der Waals surface area contributed by atoms with E-state index in [1.54, 1.807) is 0 Å². The van der Waals surface area contributed by atoms with Gasteiger partial charge in [0.05, 0.1) is 16.7 Å². The van der Waals surface area contributed by atoms with Crippen molar-refractivity contribution in [3.8, 4) is 0 Å². The van der Waals surface area contributed by atoms with Gasteiger partial charge in [0.1, 0.15) is 0 Å². The Morgan fingerprint density at radius 1 is 1.05 bits per heavy atom. The number of nitrogens with one attached hydrogen (secondary N) is 1. The van der Waals surface area contributed by atoms with Crippen molar-refractivity contribution >= 4 is 28.6 Å². The van der Waals surface area contributed by atoms with Crippen molar-refractivity contribution in [3.05, 3.63) is 24.3 Å². The van der Waals surface area contributed by atoms with Crippen molar-refractivity contribution < 1.29 is 22.8 Å². The minimum atomic E-state index is -4.51. The zero-order valence-electron chi connectivity index (χ0n) is 12.7. The lowest BCUT2D eigenvalue weighted by Crippen LogP contribution is -2.21. The van der Waals surface area contributed by atoms with Gasteiger partial charge in [0.15, 0.2) is 0 Å². The van der Waals surface area contributed by atoms with E-state index in [2.05, 4.69) is 11.6 Å². The fourth-order valence-electron chi connectivity index (χ4n) is 2.10. The predicted octanol–water partition coefficient (Wildman–Crippen LogP) is 2.59. The second kappa shape index (κ2) is 8.67. The molecule has 0 aliphatic rings. The van der Waals surface area contributed by atoms with E-state index in [-0.39, 0.29) is 16.7 Å². The van der Waals surface area contributed by atoms with Crippen molar-refractivity contribution in [1.29, 1.82) is 0 Å². The van der Waals surface area contributed by atoms with Gasteiger partial charge in [-0.15, -0.1) is 0 Å². The molecule has 0 atom stereocenters. The number of para-hydroxylation sites is 1. The first-order chi connectivity index (χ1) is 10.3. The first-order valence-corrected chi connectivity index (χ1v) is 10.7. The first kappa shape index (κ1) is 19.2. The van der Waals surface area contributed by atoms with E-state index in [0.717, 1.165) is 32.1 Å². The van der Waals surface area contributed by atoms with Crippen LogP contribution in [0.1, 0.15) is 45.4 Å². The van der Waals surface area contributed by atoms with Gasteiger partial charge < -0.3 is 9.79 Å². The second-order valence-electron chi connectivity index (χ2n) is 5.25. The Hall–Kier alpha value is -0.880. The Balaban J connectivity index is 2.60. The summed E-state index contributed by atoms with van der Waals surface area (Å²) in [7, 11) is -8.12. The largest absolute Gasteiger partial charge is 0.358 e. The molecule has 6 nitrogen and oxygen atoms in total. The summed E-state index contributed by atoms with van der Waals surface area (Å²) in [4.78, 5) is 18.5. The molecule has 0 fully saturated rings. The van der Waals surface area contributed by atoms with Crippen LogP contribution in [0, 0.1) is 0 Å². The van der Waals surface area contributed by atoms with Gasteiger partial charge in [-0.25, -0.2) is 8.42 Å². The molecule has 0 unspecified atom stereocenters. The van der Waals surface area contributed by atoms with Crippen molar-refractivity contribution in [2.24, 2.45) is 0 Å². The summed E-state index contributed by atoms with van der Waals surface area (Å²) >= 11 is 0. The maximum atomic E-state index is 12.0. The topological polar surface area (TPSA) is 104 Å². The molecule has 0 saturated heterocycles. The van der Waals surface area contributed by atoms with E-state index in [1.807, 2.05) is 0 Å². The van der Waals surface area contributed by atoms with Gasteiger partial charge >= 0.3 is 7.60 Å². The number of hydrogen-bond acceptors (Lipinski definition) is 3. The molecule has 8 heteroatoms. The lowest BCUT2D eigenvalue weighted by molar-refractivity contribution is 0.387. The standard InChI is InChI=1S/C14H24NO5PS/c1-2-3-4-5-6-9-12-22(19,20)15-13-10-7-8-11-14(13)21(16,17)18/h7-8,10-11,15H,2-6,9,12H2,1H3,(H2,16,17,18).